The van der Waals surface area contributed by atoms with Crippen LogP contribution in [0.4, 0.5) is 5.69 Å². The van der Waals surface area contributed by atoms with Crippen molar-refractivity contribution in [3.05, 3.63) is 124 Å². The highest BCUT2D eigenvalue weighted by atomic mass is 32.1. The summed E-state index contributed by atoms with van der Waals surface area (Å²) < 4.78 is 5.42. The highest BCUT2D eigenvalue weighted by molar-refractivity contribution is 7.12. The molecule has 1 aliphatic rings. The molecule has 1 aromatic heterocycles. The smallest absolute Gasteiger partial charge is 0.353 e. The van der Waals surface area contributed by atoms with Gasteiger partial charge in [0.25, 0.3) is 5.91 Å². The maximum absolute atomic E-state index is 13.3. The third kappa shape index (κ3) is 4.37. The van der Waals surface area contributed by atoms with Crippen LogP contribution in [0, 0.1) is 0 Å². The van der Waals surface area contributed by atoms with Crippen LogP contribution in [0.25, 0.3) is 6.08 Å². The van der Waals surface area contributed by atoms with Crippen LogP contribution < -0.4 is 9.75 Å². The standard InChI is InChI=1S/C27H18N2O3S/c30-26-23(18-19-13-15-22(16-14-19)32-27(31)24-12-7-17-33-24)25(20-8-3-1-4-9-20)28-29(26)21-10-5-2-6-11-21/h1-18H/b23-18+. The summed E-state index contributed by atoms with van der Waals surface area (Å²) in [6, 6.07) is 29.6. The van der Waals surface area contributed by atoms with Gasteiger partial charge >= 0.3 is 5.97 Å². The molecule has 0 aliphatic carbocycles. The van der Waals surface area contributed by atoms with Crippen molar-refractivity contribution in [2.24, 2.45) is 5.10 Å². The first kappa shape index (κ1) is 20.6. The molecule has 0 fully saturated rings. The van der Waals surface area contributed by atoms with Gasteiger partial charge in [0, 0.05) is 5.56 Å². The number of hydrogen-bond acceptors (Lipinski definition) is 5. The molecular weight excluding hydrogens is 432 g/mol. The molecule has 0 saturated heterocycles. The number of para-hydroxylation sites is 1. The van der Waals surface area contributed by atoms with E-state index in [0.717, 1.165) is 11.1 Å². The van der Waals surface area contributed by atoms with Crippen molar-refractivity contribution in [2.75, 3.05) is 5.01 Å². The second-order valence-corrected chi connectivity index (χ2v) is 8.21. The molecular formula is C27H18N2O3S. The van der Waals surface area contributed by atoms with E-state index in [1.54, 1.807) is 24.3 Å². The van der Waals surface area contributed by atoms with Gasteiger partial charge in [-0.3, -0.25) is 4.79 Å². The number of carbonyl (C=O) groups is 2. The Kier molecular flexibility index (Phi) is 5.66. The van der Waals surface area contributed by atoms with Gasteiger partial charge in [-0.05, 0) is 47.4 Å². The minimum Gasteiger partial charge on any atom is -0.422 e. The van der Waals surface area contributed by atoms with E-state index in [0.29, 0.717) is 27.6 Å². The molecule has 0 radical (unpaired) electrons. The molecule has 1 amide bonds. The maximum atomic E-state index is 13.3. The number of amides is 1. The first-order valence-corrected chi connectivity index (χ1v) is 11.2. The van der Waals surface area contributed by atoms with Crippen LogP contribution >= 0.6 is 11.3 Å². The molecule has 3 aromatic carbocycles. The van der Waals surface area contributed by atoms with Gasteiger partial charge in [0.15, 0.2) is 0 Å². The molecule has 5 rings (SSSR count). The Morgan fingerprint density at radius 2 is 1.55 bits per heavy atom. The number of anilines is 1. The summed E-state index contributed by atoms with van der Waals surface area (Å²) >= 11 is 1.33. The predicted octanol–water partition coefficient (Wildman–Crippen LogP) is 5.80. The highest BCUT2D eigenvalue weighted by Gasteiger charge is 2.31. The van der Waals surface area contributed by atoms with Gasteiger partial charge in [0.2, 0.25) is 0 Å². The minimum absolute atomic E-state index is 0.201. The summed E-state index contributed by atoms with van der Waals surface area (Å²) in [7, 11) is 0. The Morgan fingerprint density at radius 3 is 2.21 bits per heavy atom. The van der Waals surface area contributed by atoms with Crippen molar-refractivity contribution in [3.63, 3.8) is 0 Å². The molecule has 0 saturated carbocycles. The lowest BCUT2D eigenvalue weighted by atomic mass is 10.0. The lowest BCUT2D eigenvalue weighted by Gasteiger charge is -2.10. The van der Waals surface area contributed by atoms with Crippen LogP contribution in [-0.2, 0) is 4.79 Å². The van der Waals surface area contributed by atoms with Gasteiger partial charge in [0.05, 0.1) is 11.3 Å². The maximum Gasteiger partial charge on any atom is 0.353 e. The third-order valence-electron chi connectivity index (χ3n) is 5.05. The molecule has 0 N–H and O–H groups in total. The Hall–Kier alpha value is -4.29. The lowest BCUT2D eigenvalue weighted by molar-refractivity contribution is -0.114. The Labute approximate surface area is 194 Å². The Morgan fingerprint density at radius 1 is 0.848 bits per heavy atom. The van der Waals surface area contributed by atoms with E-state index >= 15 is 0 Å². The molecule has 0 spiro atoms. The third-order valence-corrected chi connectivity index (χ3v) is 5.90. The van der Waals surface area contributed by atoms with Crippen LogP contribution in [0.5, 0.6) is 5.75 Å². The van der Waals surface area contributed by atoms with Crippen molar-refractivity contribution < 1.29 is 14.3 Å². The fourth-order valence-electron chi connectivity index (χ4n) is 3.45. The van der Waals surface area contributed by atoms with E-state index in [2.05, 4.69) is 5.10 Å². The number of esters is 1. The average molecular weight is 451 g/mol. The van der Waals surface area contributed by atoms with Gasteiger partial charge in [-0.15, -0.1) is 11.3 Å². The molecule has 1 aliphatic heterocycles. The summed E-state index contributed by atoms with van der Waals surface area (Å²) in [6.45, 7) is 0. The number of hydrazone groups is 1. The molecule has 0 unspecified atom stereocenters. The quantitative estimate of drug-likeness (QED) is 0.219. The van der Waals surface area contributed by atoms with Gasteiger partial charge in [-0.1, -0.05) is 66.7 Å². The number of nitrogens with zero attached hydrogens (tertiary/aromatic N) is 2. The molecule has 2 heterocycles. The van der Waals surface area contributed by atoms with Crippen LogP contribution in [0.1, 0.15) is 20.8 Å². The number of ether oxygens (including phenoxy) is 1. The molecule has 6 heteroatoms. The normalized spacial score (nSPS) is 14.4. The molecule has 160 valence electrons. The van der Waals surface area contributed by atoms with Crippen molar-refractivity contribution >= 4 is 40.7 Å². The van der Waals surface area contributed by atoms with Gasteiger partial charge < -0.3 is 4.74 Å². The van der Waals surface area contributed by atoms with E-state index in [1.807, 2.05) is 84.3 Å². The van der Waals surface area contributed by atoms with E-state index in [9.17, 15) is 9.59 Å². The van der Waals surface area contributed by atoms with Crippen LogP contribution in [0.2, 0.25) is 0 Å². The Bertz CT molecular complexity index is 1340. The Balaban J connectivity index is 1.45. The van der Waals surface area contributed by atoms with E-state index < -0.39 is 0 Å². The summed E-state index contributed by atoms with van der Waals surface area (Å²) in [4.78, 5) is 26.0. The van der Waals surface area contributed by atoms with Crippen molar-refractivity contribution in [3.8, 4) is 5.75 Å². The zero-order chi connectivity index (χ0) is 22.6. The van der Waals surface area contributed by atoms with E-state index in [1.165, 1.54) is 16.3 Å². The highest BCUT2D eigenvalue weighted by Crippen LogP contribution is 2.28. The predicted molar refractivity (Wildman–Crippen MR) is 131 cm³/mol. The lowest BCUT2D eigenvalue weighted by Crippen LogP contribution is -2.21. The van der Waals surface area contributed by atoms with Gasteiger partial charge in [-0.25, -0.2) is 4.79 Å². The number of benzene rings is 3. The summed E-state index contributed by atoms with van der Waals surface area (Å²) in [6.07, 6.45) is 1.81. The fourth-order valence-corrected chi connectivity index (χ4v) is 4.05. The first-order valence-electron chi connectivity index (χ1n) is 10.3. The monoisotopic (exact) mass is 450 g/mol. The van der Waals surface area contributed by atoms with Gasteiger partial charge in [-0.2, -0.15) is 10.1 Å². The van der Waals surface area contributed by atoms with E-state index in [-0.39, 0.29) is 11.9 Å². The van der Waals surface area contributed by atoms with E-state index in [4.69, 9.17) is 4.74 Å². The number of carbonyl (C=O) groups excluding carboxylic acids is 2. The van der Waals surface area contributed by atoms with Crippen molar-refractivity contribution in [2.45, 2.75) is 0 Å². The summed E-state index contributed by atoms with van der Waals surface area (Å²) in [5, 5.41) is 7.89. The van der Waals surface area contributed by atoms with Crippen LogP contribution in [0.15, 0.2) is 113 Å². The summed E-state index contributed by atoms with van der Waals surface area (Å²) in [5.74, 6) is -0.150. The topological polar surface area (TPSA) is 59.0 Å². The fraction of sp³-hybridized carbons (Fsp3) is 0. The number of rotatable bonds is 5. The van der Waals surface area contributed by atoms with Crippen molar-refractivity contribution in [1.82, 2.24) is 0 Å². The number of thiophene rings is 1. The van der Waals surface area contributed by atoms with Crippen LogP contribution in [0.3, 0.4) is 0 Å². The molecule has 5 nitrogen and oxygen atoms in total. The van der Waals surface area contributed by atoms with Crippen LogP contribution in [-0.4, -0.2) is 17.6 Å². The average Bonchev–Trinajstić information content (AvgIpc) is 3.51. The second-order valence-electron chi connectivity index (χ2n) is 7.26. The zero-order valence-electron chi connectivity index (χ0n) is 17.4. The van der Waals surface area contributed by atoms with Crippen molar-refractivity contribution in [1.29, 1.82) is 0 Å². The summed E-state index contributed by atoms with van der Waals surface area (Å²) in [5.41, 5.74) is 3.46. The first-order chi connectivity index (χ1) is 16.2. The molecule has 4 aromatic rings. The minimum atomic E-state index is -0.390. The largest absolute Gasteiger partial charge is 0.422 e. The number of hydrogen-bond donors (Lipinski definition) is 0. The molecule has 0 atom stereocenters. The zero-order valence-corrected chi connectivity index (χ0v) is 18.2. The SMILES string of the molecule is O=C(Oc1ccc(/C=C2/C(=O)N(c3ccccc3)N=C2c2ccccc2)cc1)c1cccs1. The molecule has 0 bridgehead atoms. The second kappa shape index (κ2) is 9.06. The molecule has 33 heavy (non-hydrogen) atoms. The van der Waals surface area contributed by atoms with Gasteiger partial charge in [0.1, 0.15) is 16.3 Å².